The van der Waals surface area contributed by atoms with Gasteiger partial charge >= 0.3 is 0 Å². The minimum Gasteiger partial charge on any atom is -0.354 e. The fourth-order valence-electron chi connectivity index (χ4n) is 2.78. The van der Waals surface area contributed by atoms with Crippen LogP contribution in [0.2, 0.25) is 0 Å². The molecule has 3 rings (SSSR count). The van der Waals surface area contributed by atoms with Crippen molar-refractivity contribution in [2.45, 2.75) is 6.92 Å². The highest BCUT2D eigenvalue weighted by Crippen LogP contribution is 2.17. The van der Waals surface area contributed by atoms with E-state index in [1.165, 1.54) is 12.1 Å². The number of amides is 1. The Kier molecular flexibility index (Phi) is 5.05. The van der Waals surface area contributed by atoms with E-state index in [0.717, 1.165) is 38.5 Å². The Labute approximate surface area is 141 Å². The summed E-state index contributed by atoms with van der Waals surface area (Å²) in [5, 5.41) is 2.68. The highest BCUT2D eigenvalue weighted by molar-refractivity contribution is 6.04. The summed E-state index contributed by atoms with van der Waals surface area (Å²) in [6, 6.07) is 9.60. The smallest absolute Gasteiger partial charge is 0.258 e. The van der Waals surface area contributed by atoms with E-state index in [4.69, 9.17) is 0 Å². The van der Waals surface area contributed by atoms with Crippen molar-refractivity contribution in [1.82, 2.24) is 9.88 Å². The van der Waals surface area contributed by atoms with Crippen molar-refractivity contribution in [3.05, 3.63) is 54.0 Å². The Morgan fingerprint density at radius 3 is 2.54 bits per heavy atom. The predicted molar refractivity (Wildman–Crippen MR) is 92.9 cm³/mol. The summed E-state index contributed by atoms with van der Waals surface area (Å²) in [6.45, 7) is 7.20. The van der Waals surface area contributed by atoms with E-state index in [2.05, 4.69) is 27.0 Å². The number of hydrogen-bond acceptors (Lipinski definition) is 4. The summed E-state index contributed by atoms with van der Waals surface area (Å²) >= 11 is 0. The third-order valence-electron chi connectivity index (χ3n) is 4.27. The number of nitrogens with one attached hydrogen (secondary N) is 1. The van der Waals surface area contributed by atoms with Gasteiger partial charge in [-0.2, -0.15) is 0 Å². The molecule has 1 aliphatic rings. The molecule has 6 heteroatoms. The zero-order chi connectivity index (χ0) is 16.9. The first kappa shape index (κ1) is 16.4. The number of piperazine rings is 1. The van der Waals surface area contributed by atoms with Gasteiger partial charge in [0.15, 0.2) is 0 Å². The van der Waals surface area contributed by atoms with Gasteiger partial charge < -0.3 is 15.1 Å². The first-order chi connectivity index (χ1) is 11.7. The molecule has 1 saturated heterocycles. The summed E-state index contributed by atoms with van der Waals surface area (Å²) in [5.74, 6) is -0.109. The lowest BCUT2D eigenvalue weighted by Crippen LogP contribution is -2.46. The lowest BCUT2D eigenvalue weighted by Gasteiger charge is -2.34. The first-order valence-corrected chi connectivity index (χ1v) is 8.16. The molecular weight excluding hydrogens is 307 g/mol. The number of aromatic nitrogens is 1. The van der Waals surface area contributed by atoms with Crippen LogP contribution in [-0.2, 0) is 0 Å². The van der Waals surface area contributed by atoms with E-state index in [1.54, 1.807) is 24.4 Å². The molecule has 0 saturated carbocycles. The van der Waals surface area contributed by atoms with E-state index in [-0.39, 0.29) is 5.56 Å². The second kappa shape index (κ2) is 7.40. The Morgan fingerprint density at radius 1 is 1.17 bits per heavy atom. The van der Waals surface area contributed by atoms with Gasteiger partial charge in [-0.15, -0.1) is 0 Å². The fraction of sp³-hybridized carbons (Fsp3) is 0.333. The average molecular weight is 328 g/mol. The molecule has 24 heavy (non-hydrogen) atoms. The minimum atomic E-state index is -0.534. The predicted octanol–water partition coefficient (Wildman–Crippen LogP) is 2.61. The summed E-state index contributed by atoms with van der Waals surface area (Å²) in [4.78, 5) is 21.2. The van der Waals surface area contributed by atoms with Crippen molar-refractivity contribution < 1.29 is 9.18 Å². The topological polar surface area (TPSA) is 48.5 Å². The number of benzene rings is 1. The van der Waals surface area contributed by atoms with E-state index in [0.29, 0.717) is 5.69 Å². The number of anilines is 2. The van der Waals surface area contributed by atoms with Crippen LogP contribution in [0.3, 0.4) is 0 Å². The molecule has 1 fully saturated rings. The van der Waals surface area contributed by atoms with E-state index < -0.39 is 11.7 Å². The van der Waals surface area contributed by atoms with Crippen LogP contribution in [0.1, 0.15) is 17.3 Å². The first-order valence-electron chi connectivity index (χ1n) is 8.16. The maximum atomic E-state index is 13.6. The number of likely N-dealkylation sites (N-methyl/N-ethyl adjacent to an activating group) is 1. The standard InChI is InChI=1S/C18H21FN4O/c1-2-22-9-11-23(12-10-22)17-8-7-14(13-20-17)21-18(24)15-5-3-4-6-16(15)19/h3-8,13H,2,9-12H2,1H3,(H,21,24). The van der Waals surface area contributed by atoms with Crippen LogP contribution < -0.4 is 10.2 Å². The molecule has 0 aliphatic carbocycles. The molecule has 0 atom stereocenters. The highest BCUT2D eigenvalue weighted by Gasteiger charge is 2.17. The molecule has 0 spiro atoms. The van der Waals surface area contributed by atoms with Gasteiger partial charge in [0.25, 0.3) is 5.91 Å². The van der Waals surface area contributed by atoms with Crippen molar-refractivity contribution in [3.8, 4) is 0 Å². The number of nitrogens with zero attached hydrogens (tertiary/aromatic N) is 3. The number of carbonyl (C=O) groups is 1. The summed E-state index contributed by atoms with van der Waals surface area (Å²) in [6.07, 6.45) is 1.61. The van der Waals surface area contributed by atoms with Crippen molar-refractivity contribution in [3.63, 3.8) is 0 Å². The quantitative estimate of drug-likeness (QED) is 0.937. The number of carbonyl (C=O) groups excluding carboxylic acids is 1. The van der Waals surface area contributed by atoms with Gasteiger partial charge in [0.1, 0.15) is 11.6 Å². The number of hydrogen-bond donors (Lipinski definition) is 1. The van der Waals surface area contributed by atoms with E-state index >= 15 is 0 Å². The molecule has 1 aromatic heterocycles. The van der Waals surface area contributed by atoms with Crippen molar-refractivity contribution in [2.75, 3.05) is 42.9 Å². The fourth-order valence-corrected chi connectivity index (χ4v) is 2.78. The minimum absolute atomic E-state index is 0.0252. The summed E-state index contributed by atoms with van der Waals surface area (Å²) < 4.78 is 13.6. The zero-order valence-corrected chi connectivity index (χ0v) is 13.7. The second-order valence-corrected chi connectivity index (χ2v) is 5.76. The zero-order valence-electron chi connectivity index (χ0n) is 13.7. The van der Waals surface area contributed by atoms with Gasteiger partial charge in [0, 0.05) is 26.2 Å². The molecule has 1 aromatic carbocycles. The number of rotatable bonds is 4. The molecule has 1 aliphatic heterocycles. The van der Waals surface area contributed by atoms with Crippen LogP contribution >= 0.6 is 0 Å². The Bertz CT molecular complexity index is 696. The lowest BCUT2D eigenvalue weighted by atomic mass is 10.2. The van der Waals surface area contributed by atoms with Crippen LogP contribution in [0, 0.1) is 5.82 Å². The maximum absolute atomic E-state index is 13.6. The van der Waals surface area contributed by atoms with Crippen molar-refractivity contribution in [2.24, 2.45) is 0 Å². The van der Waals surface area contributed by atoms with Gasteiger partial charge in [0.05, 0.1) is 17.4 Å². The average Bonchev–Trinajstić information content (AvgIpc) is 2.63. The van der Waals surface area contributed by atoms with Gasteiger partial charge in [-0.1, -0.05) is 19.1 Å². The second-order valence-electron chi connectivity index (χ2n) is 5.76. The third kappa shape index (κ3) is 3.71. The third-order valence-corrected chi connectivity index (χ3v) is 4.27. The Hall–Kier alpha value is -2.47. The van der Waals surface area contributed by atoms with Crippen LogP contribution in [-0.4, -0.2) is 48.5 Å². The Balaban J connectivity index is 1.63. The van der Waals surface area contributed by atoms with Crippen LogP contribution in [0.25, 0.3) is 0 Å². The van der Waals surface area contributed by atoms with Crippen molar-refractivity contribution in [1.29, 1.82) is 0 Å². The van der Waals surface area contributed by atoms with Gasteiger partial charge in [-0.3, -0.25) is 4.79 Å². The maximum Gasteiger partial charge on any atom is 0.258 e. The van der Waals surface area contributed by atoms with E-state index in [1.807, 2.05) is 6.07 Å². The number of pyridine rings is 1. The molecular formula is C18H21FN4O. The molecule has 0 unspecified atom stereocenters. The largest absolute Gasteiger partial charge is 0.354 e. The molecule has 5 nitrogen and oxygen atoms in total. The van der Waals surface area contributed by atoms with Crippen LogP contribution in [0.5, 0.6) is 0 Å². The molecule has 2 heterocycles. The molecule has 1 amide bonds. The lowest BCUT2D eigenvalue weighted by molar-refractivity contribution is 0.102. The molecule has 126 valence electrons. The molecule has 0 radical (unpaired) electrons. The SMILES string of the molecule is CCN1CCN(c2ccc(NC(=O)c3ccccc3F)cn2)CC1. The molecule has 2 aromatic rings. The van der Waals surface area contributed by atoms with Gasteiger partial charge in [0.2, 0.25) is 0 Å². The van der Waals surface area contributed by atoms with Crippen LogP contribution in [0.15, 0.2) is 42.6 Å². The summed E-state index contributed by atoms with van der Waals surface area (Å²) in [7, 11) is 0. The highest BCUT2D eigenvalue weighted by atomic mass is 19.1. The normalized spacial score (nSPS) is 15.3. The van der Waals surface area contributed by atoms with Crippen LogP contribution in [0.4, 0.5) is 15.9 Å². The monoisotopic (exact) mass is 328 g/mol. The number of halogens is 1. The van der Waals surface area contributed by atoms with E-state index in [9.17, 15) is 9.18 Å². The molecule has 1 N–H and O–H groups in total. The summed E-state index contributed by atoms with van der Waals surface area (Å²) in [5.41, 5.74) is 0.580. The van der Waals surface area contributed by atoms with Gasteiger partial charge in [-0.25, -0.2) is 9.37 Å². The van der Waals surface area contributed by atoms with Crippen molar-refractivity contribution >= 4 is 17.4 Å². The molecule has 0 bridgehead atoms. The Morgan fingerprint density at radius 2 is 1.92 bits per heavy atom. The van der Waals surface area contributed by atoms with Gasteiger partial charge in [-0.05, 0) is 30.8 Å².